The minimum atomic E-state index is -1.21. The molecule has 1 aromatic heterocycles. The number of amides is 3. The molecule has 0 radical (unpaired) electrons. The fourth-order valence-corrected chi connectivity index (χ4v) is 6.91. The third-order valence-corrected chi connectivity index (χ3v) is 9.75. The first kappa shape index (κ1) is 34.9. The first-order valence-electron chi connectivity index (χ1n) is 17.4. The zero-order valence-corrected chi connectivity index (χ0v) is 29.4. The molecule has 2 N–H and O–H groups in total. The van der Waals surface area contributed by atoms with Gasteiger partial charge in [0.2, 0.25) is 17.7 Å². The van der Waals surface area contributed by atoms with Gasteiger partial charge in [-0.1, -0.05) is 63.3 Å². The monoisotopic (exact) mass is 682 g/mol. The van der Waals surface area contributed by atoms with Gasteiger partial charge in [-0.3, -0.25) is 14.4 Å². The molecular formula is C39H46N4O7. The van der Waals surface area contributed by atoms with Crippen molar-refractivity contribution >= 4 is 34.6 Å². The van der Waals surface area contributed by atoms with Gasteiger partial charge in [-0.05, 0) is 43.7 Å². The van der Waals surface area contributed by atoms with Gasteiger partial charge in [0.05, 0.1) is 31.5 Å². The van der Waals surface area contributed by atoms with Gasteiger partial charge in [-0.25, -0.2) is 9.78 Å². The SMILES string of the molecule is CCOC(=O)[C@@]12C[C@@H]1C=CCCCC(=O)N[C@@H](C(C)(C)C)C(=O)N1C[C@H](Oc3cc(-c4ccccc4)nc4cc(OC)ccc34)C[C@H]1C(=O)N2. The summed E-state index contributed by atoms with van der Waals surface area (Å²) in [5.74, 6) is -0.613. The Kier molecular flexibility index (Phi) is 9.87. The quantitative estimate of drug-likeness (QED) is 0.275. The third kappa shape index (κ3) is 7.18. The molecule has 1 saturated heterocycles. The lowest BCUT2D eigenvalue weighted by Gasteiger charge is -2.35. The lowest BCUT2D eigenvalue weighted by Crippen LogP contribution is -2.59. The molecule has 0 spiro atoms. The van der Waals surface area contributed by atoms with E-state index in [0.717, 1.165) is 10.9 Å². The lowest BCUT2D eigenvalue weighted by atomic mass is 9.85. The number of nitrogens with one attached hydrogen (secondary N) is 2. The van der Waals surface area contributed by atoms with Crippen molar-refractivity contribution < 1.29 is 33.4 Å². The third-order valence-electron chi connectivity index (χ3n) is 9.75. The molecule has 3 heterocycles. The van der Waals surface area contributed by atoms with E-state index >= 15 is 0 Å². The molecule has 0 unspecified atom stereocenters. The van der Waals surface area contributed by atoms with E-state index in [0.29, 0.717) is 42.0 Å². The summed E-state index contributed by atoms with van der Waals surface area (Å²) in [7, 11) is 1.60. The molecule has 264 valence electrons. The van der Waals surface area contributed by atoms with Crippen LogP contribution in [0, 0.1) is 11.3 Å². The summed E-state index contributed by atoms with van der Waals surface area (Å²) in [5.41, 5.74) is 0.403. The smallest absolute Gasteiger partial charge is 0.332 e. The van der Waals surface area contributed by atoms with Crippen molar-refractivity contribution in [1.29, 1.82) is 0 Å². The lowest BCUT2D eigenvalue weighted by molar-refractivity contribution is -0.150. The highest BCUT2D eigenvalue weighted by molar-refractivity contribution is 5.97. The number of hydrogen-bond donors (Lipinski definition) is 2. The molecule has 50 heavy (non-hydrogen) atoms. The van der Waals surface area contributed by atoms with E-state index in [9.17, 15) is 19.2 Å². The van der Waals surface area contributed by atoms with Crippen molar-refractivity contribution in [3.8, 4) is 22.8 Å². The van der Waals surface area contributed by atoms with Gasteiger partial charge >= 0.3 is 5.97 Å². The van der Waals surface area contributed by atoms with E-state index in [1.165, 1.54) is 4.90 Å². The van der Waals surface area contributed by atoms with E-state index in [1.54, 1.807) is 14.0 Å². The number of methoxy groups -OCH3 is 1. The van der Waals surface area contributed by atoms with E-state index < -0.39 is 41.0 Å². The van der Waals surface area contributed by atoms with Crippen LogP contribution in [0.3, 0.4) is 0 Å². The van der Waals surface area contributed by atoms with Crippen molar-refractivity contribution in [2.75, 3.05) is 20.3 Å². The molecule has 11 heteroatoms. The number of allylic oxidation sites excluding steroid dienone is 1. The fourth-order valence-electron chi connectivity index (χ4n) is 6.91. The van der Waals surface area contributed by atoms with Gasteiger partial charge in [-0.2, -0.15) is 0 Å². The average Bonchev–Trinajstić information content (AvgIpc) is 3.62. The van der Waals surface area contributed by atoms with Gasteiger partial charge < -0.3 is 29.7 Å². The van der Waals surface area contributed by atoms with Crippen molar-refractivity contribution in [1.82, 2.24) is 20.5 Å². The van der Waals surface area contributed by atoms with Crippen LogP contribution in [0.1, 0.15) is 59.8 Å². The van der Waals surface area contributed by atoms with Crippen LogP contribution in [0.15, 0.2) is 66.7 Å². The minimum Gasteiger partial charge on any atom is -0.497 e. The predicted octanol–water partition coefficient (Wildman–Crippen LogP) is 4.97. The van der Waals surface area contributed by atoms with Crippen LogP contribution >= 0.6 is 0 Å². The topological polar surface area (TPSA) is 136 Å². The number of benzene rings is 2. The van der Waals surface area contributed by atoms with E-state index in [-0.39, 0.29) is 43.7 Å². The van der Waals surface area contributed by atoms with Crippen LogP contribution < -0.4 is 20.1 Å². The maximum Gasteiger partial charge on any atom is 0.332 e. The summed E-state index contributed by atoms with van der Waals surface area (Å²) >= 11 is 0. The molecule has 0 bridgehead atoms. The van der Waals surface area contributed by atoms with Gasteiger partial charge in [-0.15, -0.1) is 0 Å². The second-order valence-electron chi connectivity index (χ2n) is 14.4. The standard InChI is InChI=1S/C39H46N4O7/c1-6-49-37(47)39-22-25(39)15-11-8-12-16-33(44)41-34(38(2,3)4)36(46)43-23-27(20-31(43)35(45)42-39)50-32-21-29(24-13-9-7-10-14-24)40-30-19-26(48-5)17-18-28(30)32/h7,9-11,13-15,17-19,21,25,27,31,34H,6,8,12,16,20,22-23H2,1-5H3,(H,41,44)(H,42,45)/t25-,27+,31-,34+,39+/m0/s1. The van der Waals surface area contributed by atoms with Crippen molar-refractivity contribution in [3.05, 3.63) is 66.7 Å². The highest BCUT2D eigenvalue weighted by Crippen LogP contribution is 2.46. The Morgan fingerprint density at radius 3 is 2.58 bits per heavy atom. The summed E-state index contributed by atoms with van der Waals surface area (Å²) in [6.45, 7) is 7.66. The number of ether oxygens (including phenoxy) is 3. The van der Waals surface area contributed by atoms with Gasteiger partial charge in [0.25, 0.3) is 0 Å². The molecule has 2 fully saturated rings. The number of nitrogens with zero attached hydrogens (tertiary/aromatic N) is 2. The zero-order chi connectivity index (χ0) is 35.6. The number of esters is 1. The second kappa shape index (κ2) is 14.1. The number of rotatable bonds is 6. The number of fused-ring (bicyclic) bond motifs is 3. The summed E-state index contributed by atoms with van der Waals surface area (Å²) in [5, 5.41) is 6.73. The molecule has 5 atom stereocenters. The van der Waals surface area contributed by atoms with E-state index in [1.807, 2.05) is 87.5 Å². The summed E-state index contributed by atoms with van der Waals surface area (Å²) in [4.78, 5) is 61.5. The first-order valence-corrected chi connectivity index (χ1v) is 17.4. The Labute approximate surface area is 292 Å². The molecule has 3 aromatic rings. The summed E-state index contributed by atoms with van der Waals surface area (Å²) in [6.07, 6.45) is 5.30. The molecule has 1 saturated carbocycles. The average molecular weight is 683 g/mol. The number of hydrogen-bond acceptors (Lipinski definition) is 8. The van der Waals surface area contributed by atoms with E-state index in [4.69, 9.17) is 19.2 Å². The number of carbonyl (C=O) groups is 4. The molecule has 2 aromatic carbocycles. The molecule has 2 aliphatic heterocycles. The second-order valence-corrected chi connectivity index (χ2v) is 14.4. The highest BCUT2D eigenvalue weighted by Gasteiger charge is 2.62. The number of pyridine rings is 1. The number of aromatic nitrogens is 1. The Morgan fingerprint density at radius 1 is 1.08 bits per heavy atom. The highest BCUT2D eigenvalue weighted by atomic mass is 16.5. The van der Waals surface area contributed by atoms with Crippen molar-refractivity contribution in [2.45, 2.75) is 83.5 Å². The van der Waals surface area contributed by atoms with Crippen LogP contribution in [0.5, 0.6) is 11.5 Å². The Balaban J connectivity index is 1.37. The molecule has 1 aliphatic carbocycles. The predicted molar refractivity (Wildman–Crippen MR) is 188 cm³/mol. The first-order chi connectivity index (χ1) is 23.9. The maximum atomic E-state index is 14.5. The fraction of sp³-hybridized carbons (Fsp3) is 0.462. The largest absolute Gasteiger partial charge is 0.497 e. The zero-order valence-electron chi connectivity index (χ0n) is 29.4. The molecule has 11 nitrogen and oxygen atoms in total. The maximum absolute atomic E-state index is 14.5. The van der Waals surface area contributed by atoms with Gasteiger partial charge in [0, 0.05) is 41.8 Å². The van der Waals surface area contributed by atoms with Crippen LogP contribution in [0.2, 0.25) is 0 Å². The van der Waals surface area contributed by atoms with E-state index in [2.05, 4.69) is 10.6 Å². The molecule has 3 aliphatic rings. The normalized spacial score (nSPS) is 25.8. The molecular weight excluding hydrogens is 636 g/mol. The Bertz CT molecular complexity index is 1800. The number of carbonyl (C=O) groups excluding carboxylic acids is 4. The van der Waals surface area contributed by atoms with Gasteiger partial charge in [0.1, 0.15) is 35.2 Å². The van der Waals surface area contributed by atoms with Crippen LogP contribution in [-0.2, 0) is 23.9 Å². The summed E-state index contributed by atoms with van der Waals surface area (Å²) < 4.78 is 17.6. The van der Waals surface area contributed by atoms with Crippen molar-refractivity contribution in [2.24, 2.45) is 11.3 Å². The Morgan fingerprint density at radius 2 is 1.86 bits per heavy atom. The van der Waals surface area contributed by atoms with Crippen LogP contribution in [0.25, 0.3) is 22.2 Å². The minimum absolute atomic E-state index is 0.0930. The molecule has 3 amide bonds. The van der Waals surface area contributed by atoms with Crippen LogP contribution in [0.4, 0.5) is 0 Å². The summed E-state index contributed by atoms with van der Waals surface area (Å²) in [6, 6.07) is 15.3. The van der Waals surface area contributed by atoms with Gasteiger partial charge in [0.15, 0.2) is 0 Å². The molecule has 6 rings (SSSR count). The Hall–Kier alpha value is -4.93. The van der Waals surface area contributed by atoms with Crippen LogP contribution in [-0.4, -0.2) is 77.6 Å². The van der Waals surface area contributed by atoms with Crippen molar-refractivity contribution in [3.63, 3.8) is 0 Å².